The number of likely N-dealkylation sites (N-methyl/N-ethyl adjacent to an activating group) is 1. The van der Waals surface area contributed by atoms with Gasteiger partial charge in [0.1, 0.15) is 0 Å². The molecule has 2 aromatic carbocycles. The highest BCUT2D eigenvalue weighted by Gasteiger charge is 2.30. The van der Waals surface area contributed by atoms with Crippen LogP contribution in [0, 0.1) is 20.8 Å². The Hall–Kier alpha value is -3.09. The highest BCUT2D eigenvalue weighted by molar-refractivity contribution is 5.78. The minimum Gasteiger partial charge on any atom is -0.341 e. The summed E-state index contributed by atoms with van der Waals surface area (Å²) in [5.74, 6) is -0.253. The number of carbonyl (C=O) groups excluding carboxylic acids is 1. The van der Waals surface area contributed by atoms with Crippen LogP contribution in [-0.2, 0) is 23.9 Å². The summed E-state index contributed by atoms with van der Waals surface area (Å²) in [6, 6.07) is 12.8. The maximum atomic E-state index is 12.9. The molecule has 0 atom stereocenters. The molecular formula is C23H24F3N3O. The summed E-state index contributed by atoms with van der Waals surface area (Å²) in [6.45, 7) is 6.19. The molecule has 0 aliphatic heterocycles. The summed E-state index contributed by atoms with van der Waals surface area (Å²) in [5, 5.41) is 4.63. The van der Waals surface area contributed by atoms with Crippen LogP contribution in [-0.4, -0.2) is 27.6 Å². The molecule has 0 saturated carbocycles. The van der Waals surface area contributed by atoms with Crippen LogP contribution in [0.4, 0.5) is 13.2 Å². The molecule has 0 saturated heterocycles. The third-order valence-electron chi connectivity index (χ3n) is 5.22. The van der Waals surface area contributed by atoms with Gasteiger partial charge in [-0.05, 0) is 44.0 Å². The summed E-state index contributed by atoms with van der Waals surface area (Å²) in [5.41, 5.74) is 4.33. The monoisotopic (exact) mass is 415 g/mol. The van der Waals surface area contributed by atoms with Crippen molar-refractivity contribution < 1.29 is 18.0 Å². The zero-order valence-corrected chi connectivity index (χ0v) is 17.4. The van der Waals surface area contributed by atoms with Crippen molar-refractivity contribution in [1.82, 2.24) is 14.7 Å². The Morgan fingerprint density at radius 1 is 1.07 bits per heavy atom. The quantitative estimate of drug-likeness (QED) is 0.587. The lowest BCUT2D eigenvalue weighted by Crippen LogP contribution is -2.28. The van der Waals surface area contributed by atoms with Crippen LogP contribution in [0.5, 0.6) is 0 Å². The number of hydrogen-bond acceptors (Lipinski definition) is 2. The first-order valence-corrected chi connectivity index (χ1v) is 9.59. The van der Waals surface area contributed by atoms with Gasteiger partial charge in [-0.2, -0.15) is 18.3 Å². The molecule has 0 bridgehead atoms. The Labute approximate surface area is 173 Å². The molecule has 1 heterocycles. The first-order valence-electron chi connectivity index (χ1n) is 9.59. The molecule has 0 unspecified atom stereocenters. The third kappa shape index (κ3) is 4.56. The Balaban J connectivity index is 1.77. The van der Waals surface area contributed by atoms with Crippen molar-refractivity contribution in [3.63, 3.8) is 0 Å². The summed E-state index contributed by atoms with van der Waals surface area (Å²) in [6.07, 6.45) is -4.52. The molecule has 1 amide bonds. The molecule has 0 aliphatic rings. The van der Waals surface area contributed by atoms with E-state index in [1.807, 2.05) is 49.7 Å². The van der Waals surface area contributed by atoms with Gasteiger partial charge in [-0.15, -0.1) is 0 Å². The van der Waals surface area contributed by atoms with Crippen LogP contribution in [0.25, 0.3) is 5.69 Å². The lowest BCUT2D eigenvalue weighted by atomic mass is 10.1. The fourth-order valence-corrected chi connectivity index (χ4v) is 3.43. The topological polar surface area (TPSA) is 38.1 Å². The Morgan fingerprint density at radius 3 is 2.43 bits per heavy atom. The maximum absolute atomic E-state index is 12.9. The molecule has 0 fully saturated rings. The molecule has 30 heavy (non-hydrogen) atoms. The molecule has 3 rings (SSSR count). The predicted octanol–water partition coefficient (Wildman–Crippen LogP) is 5.02. The van der Waals surface area contributed by atoms with Crippen molar-refractivity contribution in [2.75, 3.05) is 7.05 Å². The van der Waals surface area contributed by atoms with Crippen LogP contribution >= 0.6 is 0 Å². The molecule has 0 spiro atoms. The van der Waals surface area contributed by atoms with E-state index in [1.54, 1.807) is 7.05 Å². The normalized spacial score (nSPS) is 11.6. The van der Waals surface area contributed by atoms with Gasteiger partial charge in [0.05, 0.1) is 23.4 Å². The van der Waals surface area contributed by atoms with Gasteiger partial charge in [-0.3, -0.25) is 4.79 Å². The summed E-state index contributed by atoms with van der Waals surface area (Å²) in [7, 11) is 1.65. The molecule has 158 valence electrons. The van der Waals surface area contributed by atoms with Crippen molar-refractivity contribution in [1.29, 1.82) is 0 Å². The number of hydrogen-bond donors (Lipinski definition) is 0. The molecule has 4 nitrogen and oxygen atoms in total. The van der Waals surface area contributed by atoms with Gasteiger partial charge in [-0.1, -0.05) is 36.4 Å². The molecule has 3 aromatic rings. The number of nitrogens with zero attached hydrogens (tertiary/aromatic N) is 3. The van der Waals surface area contributed by atoms with E-state index in [1.165, 1.54) is 17.0 Å². The van der Waals surface area contributed by atoms with E-state index < -0.39 is 11.7 Å². The smallest absolute Gasteiger partial charge is 0.341 e. The van der Waals surface area contributed by atoms with Gasteiger partial charge >= 0.3 is 6.18 Å². The highest BCUT2D eigenvalue weighted by atomic mass is 19.4. The van der Waals surface area contributed by atoms with Crippen LogP contribution < -0.4 is 0 Å². The highest BCUT2D eigenvalue weighted by Crippen LogP contribution is 2.29. The second kappa shape index (κ2) is 8.34. The molecule has 1 aromatic heterocycles. The van der Waals surface area contributed by atoms with E-state index in [0.29, 0.717) is 12.1 Å². The van der Waals surface area contributed by atoms with E-state index >= 15 is 0 Å². The Kier molecular flexibility index (Phi) is 6.01. The minimum atomic E-state index is -4.43. The van der Waals surface area contributed by atoms with Crippen LogP contribution in [0.1, 0.15) is 33.6 Å². The fraction of sp³-hybridized carbons (Fsp3) is 0.304. The van der Waals surface area contributed by atoms with E-state index in [0.717, 1.165) is 40.3 Å². The Bertz CT molecular complexity index is 1070. The number of amides is 1. The second-order valence-electron chi connectivity index (χ2n) is 7.47. The lowest BCUT2D eigenvalue weighted by molar-refractivity contribution is -0.138. The van der Waals surface area contributed by atoms with Crippen molar-refractivity contribution in [2.45, 2.75) is 39.9 Å². The van der Waals surface area contributed by atoms with Gasteiger partial charge in [0.25, 0.3) is 0 Å². The van der Waals surface area contributed by atoms with Gasteiger partial charge < -0.3 is 4.90 Å². The van der Waals surface area contributed by atoms with Gasteiger partial charge in [0, 0.05) is 24.8 Å². The number of benzene rings is 2. The molecule has 0 N–H and O–H groups in total. The molecular weight excluding hydrogens is 391 g/mol. The number of rotatable bonds is 5. The van der Waals surface area contributed by atoms with Gasteiger partial charge in [0.2, 0.25) is 5.91 Å². The van der Waals surface area contributed by atoms with E-state index in [-0.39, 0.29) is 12.3 Å². The second-order valence-corrected chi connectivity index (χ2v) is 7.47. The SMILES string of the molecule is Cc1ccccc1-n1nc(C)c(CN(C)C(=O)Cc2cccc(C(F)(F)F)c2)c1C. The van der Waals surface area contributed by atoms with E-state index in [9.17, 15) is 18.0 Å². The van der Waals surface area contributed by atoms with Crippen molar-refractivity contribution in [3.05, 3.63) is 82.2 Å². The predicted molar refractivity (Wildman–Crippen MR) is 109 cm³/mol. The fourth-order valence-electron chi connectivity index (χ4n) is 3.43. The van der Waals surface area contributed by atoms with Crippen molar-refractivity contribution in [3.8, 4) is 5.69 Å². The molecule has 0 aliphatic carbocycles. The number of aromatic nitrogens is 2. The standard InChI is InChI=1S/C23H24F3N3O/c1-15-8-5-6-11-21(15)29-17(3)20(16(2)27-29)14-28(4)22(30)13-18-9-7-10-19(12-18)23(24,25)26/h5-12H,13-14H2,1-4H3. The first-order chi connectivity index (χ1) is 14.1. The number of alkyl halides is 3. The average molecular weight is 415 g/mol. The lowest BCUT2D eigenvalue weighted by Gasteiger charge is -2.18. The van der Waals surface area contributed by atoms with E-state index in [4.69, 9.17) is 0 Å². The maximum Gasteiger partial charge on any atom is 0.416 e. The van der Waals surface area contributed by atoms with Crippen LogP contribution in [0.15, 0.2) is 48.5 Å². The summed E-state index contributed by atoms with van der Waals surface area (Å²) in [4.78, 5) is 14.2. The first kappa shape index (κ1) is 21.6. The van der Waals surface area contributed by atoms with Crippen molar-refractivity contribution in [2.24, 2.45) is 0 Å². The number of para-hydroxylation sites is 1. The third-order valence-corrected chi connectivity index (χ3v) is 5.22. The zero-order chi connectivity index (χ0) is 22.1. The van der Waals surface area contributed by atoms with Gasteiger partial charge in [-0.25, -0.2) is 4.68 Å². The van der Waals surface area contributed by atoms with Crippen molar-refractivity contribution >= 4 is 5.91 Å². The zero-order valence-electron chi connectivity index (χ0n) is 17.4. The number of aryl methyl sites for hydroxylation is 2. The average Bonchev–Trinajstić information content (AvgIpc) is 2.96. The Morgan fingerprint density at radius 2 is 1.77 bits per heavy atom. The van der Waals surface area contributed by atoms with Gasteiger partial charge in [0.15, 0.2) is 0 Å². The van der Waals surface area contributed by atoms with Crippen LogP contribution in [0.3, 0.4) is 0 Å². The number of halogens is 3. The van der Waals surface area contributed by atoms with E-state index in [2.05, 4.69) is 5.10 Å². The largest absolute Gasteiger partial charge is 0.416 e. The minimum absolute atomic E-state index is 0.0928. The summed E-state index contributed by atoms with van der Waals surface area (Å²) >= 11 is 0. The molecule has 7 heteroatoms. The summed E-state index contributed by atoms with van der Waals surface area (Å²) < 4.78 is 40.6. The molecule has 0 radical (unpaired) electrons. The van der Waals surface area contributed by atoms with Crippen LogP contribution in [0.2, 0.25) is 0 Å². The number of carbonyl (C=O) groups is 1.